The molecule has 0 saturated heterocycles. The van der Waals surface area contributed by atoms with Gasteiger partial charge in [0.1, 0.15) is 6.04 Å². The van der Waals surface area contributed by atoms with Gasteiger partial charge in [0, 0.05) is 29.5 Å². The van der Waals surface area contributed by atoms with Crippen LogP contribution in [0.3, 0.4) is 0 Å². The second-order valence-corrected chi connectivity index (χ2v) is 6.15. The normalized spacial score (nSPS) is 11.9. The van der Waals surface area contributed by atoms with Gasteiger partial charge in [-0.15, -0.1) is 11.3 Å². The summed E-state index contributed by atoms with van der Waals surface area (Å²) in [7, 11) is 0. The molecule has 3 rings (SSSR count). The maximum absolute atomic E-state index is 12.2. The highest BCUT2D eigenvalue weighted by molar-refractivity contribution is 7.10. The van der Waals surface area contributed by atoms with E-state index in [4.69, 9.17) is 0 Å². The average Bonchev–Trinajstić information content (AvgIpc) is 3.23. The van der Waals surface area contributed by atoms with Crippen molar-refractivity contribution in [3.05, 3.63) is 70.7 Å². The lowest BCUT2D eigenvalue weighted by Crippen LogP contribution is -2.34. The largest absolute Gasteiger partial charge is 0.335 e. The van der Waals surface area contributed by atoms with Gasteiger partial charge in [-0.25, -0.2) is 4.79 Å². The van der Waals surface area contributed by atoms with Crippen LogP contribution in [0.2, 0.25) is 0 Å². The molecule has 5 nitrogen and oxygen atoms in total. The molecule has 0 bridgehead atoms. The molecule has 0 saturated carbocycles. The number of hydrogen-bond acceptors (Lipinski definition) is 3. The molecule has 118 valence electrons. The Balaban J connectivity index is 1.65. The SMILES string of the molecule is Cc1ccccc1NC(=O)NC[C@@H](c1cccs1)n1cccn1. The second-order valence-electron chi connectivity index (χ2n) is 5.17. The third-order valence-corrected chi connectivity index (χ3v) is 4.54. The van der Waals surface area contributed by atoms with Gasteiger partial charge in [0.15, 0.2) is 0 Å². The molecule has 1 aromatic carbocycles. The molecular formula is C17H18N4OS. The summed E-state index contributed by atoms with van der Waals surface area (Å²) in [6, 6.07) is 13.4. The van der Waals surface area contributed by atoms with Gasteiger partial charge in [-0.3, -0.25) is 4.68 Å². The van der Waals surface area contributed by atoms with E-state index in [0.29, 0.717) is 6.54 Å². The molecule has 0 radical (unpaired) electrons. The molecule has 0 unspecified atom stereocenters. The Morgan fingerprint density at radius 2 is 2.13 bits per heavy atom. The highest BCUT2D eigenvalue weighted by Crippen LogP contribution is 2.22. The molecule has 6 heteroatoms. The first-order chi connectivity index (χ1) is 11.2. The van der Waals surface area contributed by atoms with Crippen LogP contribution >= 0.6 is 11.3 Å². The number of carbonyl (C=O) groups excluding carboxylic acids is 1. The molecule has 0 spiro atoms. The highest BCUT2D eigenvalue weighted by Gasteiger charge is 2.16. The van der Waals surface area contributed by atoms with Gasteiger partial charge >= 0.3 is 6.03 Å². The third kappa shape index (κ3) is 3.78. The number of aryl methyl sites for hydroxylation is 1. The fourth-order valence-electron chi connectivity index (χ4n) is 2.34. The molecule has 23 heavy (non-hydrogen) atoms. The third-order valence-electron chi connectivity index (χ3n) is 3.57. The standard InChI is InChI=1S/C17H18N4OS/c1-13-6-2-3-7-14(13)20-17(22)18-12-15(16-8-4-11-23-16)21-10-5-9-19-21/h2-11,15H,12H2,1H3,(H2,18,20,22)/t15-/m0/s1. The minimum absolute atomic E-state index is 0.00683. The van der Waals surface area contributed by atoms with Crippen molar-refractivity contribution in [3.63, 3.8) is 0 Å². The molecule has 0 fully saturated rings. The number of hydrogen-bond donors (Lipinski definition) is 2. The van der Waals surface area contributed by atoms with Gasteiger partial charge in [-0.2, -0.15) is 5.10 Å². The molecule has 1 atom stereocenters. The smallest absolute Gasteiger partial charge is 0.319 e. The van der Waals surface area contributed by atoms with Crippen LogP contribution in [0.5, 0.6) is 0 Å². The van der Waals surface area contributed by atoms with Gasteiger partial charge in [0.05, 0.1) is 0 Å². The lowest BCUT2D eigenvalue weighted by Gasteiger charge is -2.17. The summed E-state index contributed by atoms with van der Waals surface area (Å²) in [6.07, 6.45) is 3.65. The van der Waals surface area contributed by atoms with Crippen LogP contribution < -0.4 is 10.6 Å². The van der Waals surface area contributed by atoms with E-state index < -0.39 is 0 Å². The molecule has 2 amide bonds. The zero-order chi connectivity index (χ0) is 16.1. The van der Waals surface area contributed by atoms with E-state index in [9.17, 15) is 4.79 Å². The number of thiophene rings is 1. The topological polar surface area (TPSA) is 59.0 Å². The van der Waals surface area contributed by atoms with Gasteiger partial charge < -0.3 is 10.6 Å². The average molecular weight is 326 g/mol. The van der Waals surface area contributed by atoms with Crippen molar-refractivity contribution in [1.82, 2.24) is 15.1 Å². The molecule has 3 aromatic rings. The number of urea groups is 1. The van der Waals surface area contributed by atoms with E-state index in [-0.39, 0.29) is 12.1 Å². The summed E-state index contributed by atoms with van der Waals surface area (Å²) >= 11 is 1.65. The Hall–Kier alpha value is -2.60. The number of nitrogens with zero attached hydrogens (tertiary/aromatic N) is 2. The van der Waals surface area contributed by atoms with Crippen LogP contribution in [0.25, 0.3) is 0 Å². The van der Waals surface area contributed by atoms with Crippen molar-refractivity contribution in [2.24, 2.45) is 0 Å². The minimum Gasteiger partial charge on any atom is -0.335 e. The quantitative estimate of drug-likeness (QED) is 0.751. The molecule has 0 aliphatic heterocycles. The van der Waals surface area contributed by atoms with Crippen LogP contribution in [0.4, 0.5) is 10.5 Å². The van der Waals surface area contributed by atoms with Crippen LogP contribution in [-0.2, 0) is 0 Å². The first-order valence-electron chi connectivity index (χ1n) is 7.37. The Morgan fingerprint density at radius 3 is 2.83 bits per heavy atom. The number of rotatable bonds is 5. The molecule has 2 heterocycles. The number of aromatic nitrogens is 2. The highest BCUT2D eigenvalue weighted by atomic mass is 32.1. The molecule has 0 aliphatic carbocycles. The fourth-order valence-corrected chi connectivity index (χ4v) is 3.16. The zero-order valence-electron chi connectivity index (χ0n) is 12.8. The summed E-state index contributed by atoms with van der Waals surface area (Å²) in [5.74, 6) is 0. The van der Waals surface area contributed by atoms with Crippen molar-refractivity contribution in [2.75, 3.05) is 11.9 Å². The van der Waals surface area contributed by atoms with Gasteiger partial charge in [-0.05, 0) is 36.1 Å². The number of amides is 2. The van der Waals surface area contributed by atoms with Crippen molar-refractivity contribution >= 4 is 23.1 Å². The summed E-state index contributed by atoms with van der Waals surface area (Å²) in [5, 5.41) is 12.1. The number of carbonyl (C=O) groups is 1. The van der Waals surface area contributed by atoms with E-state index in [1.807, 2.05) is 59.6 Å². The van der Waals surface area contributed by atoms with Crippen LogP contribution in [0.1, 0.15) is 16.5 Å². The molecule has 2 N–H and O–H groups in total. The Morgan fingerprint density at radius 1 is 1.26 bits per heavy atom. The number of para-hydroxylation sites is 1. The Kier molecular flexibility index (Phi) is 4.73. The number of anilines is 1. The first-order valence-corrected chi connectivity index (χ1v) is 8.25. The Labute approximate surface area is 139 Å². The molecule has 2 aromatic heterocycles. The van der Waals surface area contributed by atoms with Gasteiger partial charge in [0.2, 0.25) is 0 Å². The Bertz CT molecular complexity index is 719. The van der Waals surface area contributed by atoms with Crippen LogP contribution in [-0.4, -0.2) is 22.4 Å². The molecule has 0 aliphatic rings. The lowest BCUT2D eigenvalue weighted by molar-refractivity contribution is 0.250. The summed E-state index contributed by atoms with van der Waals surface area (Å²) < 4.78 is 1.86. The van der Waals surface area contributed by atoms with Gasteiger partial charge in [-0.1, -0.05) is 24.3 Å². The van der Waals surface area contributed by atoms with E-state index in [0.717, 1.165) is 16.1 Å². The monoisotopic (exact) mass is 326 g/mol. The van der Waals surface area contributed by atoms with E-state index in [2.05, 4.69) is 21.8 Å². The van der Waals surface area contributed by atoms with Crippen molar-refractivity contribution in [1.29, 1.82) is 0 Å². The van der Waals surface area contributed by atoms with Gasteiger partial charge in [0.25, 0.3) is 0 Å². The van der Waals surface area contributed by atoms with Crippen molar-refractivity contribution in [2.45, 2.75) is 13.0 Å². The summed E-state index contributed by atoms with van der Waals surface area (Å²) in [4.78, 5) is 13.3. The predicted octanol–water partition coefficient (Wildman–Crippen LogP) is 3.66. The summed E-state index contributed by atoms with van der Waals surface area (Å²) in [6.45, 7) is 2.44. The van der Waals surface area contributed by atoms with E-state index in [1.54, 1.807) is 17.5 Å². The van der Waals surface area contributed by atoms with Crippen molar-refractivity contribution < 1.29 is 4.79 Å². The maximum atomic E-state index is 12.2. The second kappa shape index (κ2) is 7.11. The van der Waals surface area contributed by atoms with E-state index >= 15 is 0 Å². The predicted molar refractivity (Wildman–Crippen MR) is 92.9 cm³/mol. The first kappa shape index (κ1) is 15.3. The van der Waals surface area contributed by atoms with Crippen LogP contribution in [0, 0.1) is 6.92 Å². The van der Waals surface area contributed by atoms with Crippen molar-refractivity contribution in [3.8, 4) is 0 Å². The lowest BCUT2D eigenvalue weighted by atomic mass is 10.2. The minimum atomic E-state index is -0.215. The number of nitrogens with one attached hydrogen (secondary N) is 2. The maximum Gasteiger partial charge on any atom is 0.319 e. The number of benzene rings is 1. The fraction of sp³-hybridized carbons (Fsp3) is 0.176. The van der Waals surface area contributed by atoms with E-state index in [1.165, 1.54) is 0 Å². The van der Waals surface area contributed by atoms with Crippen LogP contribution in [0.15, 0.2) is 60.2 Å². The summed E-state index contributed by atoms with van der Waals surface area (Å²) in [5.41, 5.74) is 1.85. The molecular weight excluding hydrogens is 308 g/mol. The zero-order valence-corrected chi connectivity index (χ0v) is 13.6.